The Balaban J connectivity index is 1.85. The number of nitrogens with one attached hydrogen (secondary N) is 1. The van der Waals surface area contributed by atoms with Crippen LogP contribution in [0.15, 0.2) is 76.9 Å². The maximum Gasteiger partial charge on any atom is 0.259 e. The van der Waals surface area contributed by atoms with Gasteiger partial charge in [-0.05, 0) is 18.6 Å². The average Bonchev–Trinajstić information content (AvgIpc) is 3.04. The first-order valence-corrected chi connectivity index (χ1v) is 9.76. The molecule has 7 heteroatoms. The van der Waals surface area contributed by atoms with E-state index in [1.165, 1.54) is 0 Å². The zero-order valence-electron chi connectivity index (χ0n) is 16.7. The summed E-state index contributed by atoms with van der Waals surface area (Å²) in [6, 6.07) is 20.3. The molecule has 2 aliphatic rings. The second-order valence-electron chi connectivity index (χ2n) is 7.60. The number of nitrogens with zero attached hydrogens (tertiary/aromatic N) is 2. The summed E-state index contributed by atoms with van der Waals surface area (Å²) in [6.07, 6.45) is 0. The fourth-order valence-electron chi connectivity index (χ4n) is 4.50. The lowest BCUT2D eigenvalue weighted by Crippen LogP contribution is -2.47. The predicted molar refractivity (Wildman–Crippen MR) is 114 cm³/mol. The number of para-hydroxylation sites is 1. The summed E-state index contributed by atoms with van der Waals surface area (Å²) >= 11 is 0. The van der Waals surface area contributed by atoms with Crippen molar-refractivity contribution in [1.82, 2.24) is 4.57 Å². The van der Waals surface area contributed by atoms with Crippen molar-refractivity contribution in [3.8, 4) is 11.8 Å². The molecule has 5 rings (SSSR count). The molecule has 1 aromatic heterocycles. The van der Waals surface area contributed by atoms with Crippen LogP contribution < -0.4 is 21.3 Å². The molecule has 0 saturated carbocycles. The van der Waals surface area contributed by atoms with E-state index >= 15 is 0 Å². The van der Waals surface area contributed by atoms with Crippen molar-refractivity contribution in [2.45, 2.75) is 18.9 Å². The van der Waals surface area contributed by atoms with Crippen LogP contribution in [-0.4, -0.2) is 10.5 Å². The summed E-state index contributed by atoms with van der Waals surface area (Å²) in [7, 11) is 0. The van der Waals surface area contributed by atoms with Crippen LogP contribution in [0.3, 0.4) is 0 Å². The smallest absolute Gasteiger partial charge is 0.259 e. The van der Waals surface area contributed by atoms with Gasteiger partial charge >= 0.3 is 0 Å². The van der Waals surface area contributed by atoms with Crippen LogP contribution in [0.2, 0.25) is 0 Å². The summed E-state index contributed by atoms with van der Waals surface area (Å²) in [6.45, 7) is 2.11. The lowest BCUT2D eigenvalue weighted by molar-refractivity contribution is -0.118. The zero-order valence-corrected chi connectivity index (χ0v) is 16.7. The molecule has 0 fully saturated rings. The van der Waals surface area contributed by atoms with Crippen LogP contribution in [0.1, 0.15) is 22.4 Å². The Morgan fingerprint density at radius 3 is 2.58 bits per heavy atom. The molecule has 2 aliphatic heterocycles. The van der Waals surface area contributed by atoms with E-state index in [4.69, 9.17) is 10.5 Å². The molecule has 1 atom stereocenters. The Morgan fingerprint density at radius 1 is 1.13 bits per heavy atom. The van der Waals surface area contributed by atoms with Gasteiger partial charge < -0.3 is 20.4 Å². The number of hydrogen-bond acceptors (Lipinski definition) is 5. The number of hydrogen-bond donors (Lipinski definition) is 2. The van der Waals surface area contributed by atoms with E-state index in [9.17, 15) is 14.9 Å². The number of anilines is 1. The highest BCUT2D eigenvalue weighted by atomic mass is 16.5. The Bertz CT molecular complexity index is 1380. The van der Waals surface area contributed by atoms with Gasteiger partial charge in [0, 0.05) is 23.0 Å². The molecule has 0 radical (unpaired) electrons. The van der Waals surface area contributed by atoms with E-state index in [0.29, 0.717) is 23.5 Å². The molecule has 7 nitrogen and oxygen atoms in total. The minimum atomic E-state index is -1.66. The zero-order chi connectivity index (χ0) is 21.8. The monoisotopic (exact) mass is 410 g/mol. The average molecular weight is 410 g/mol. The largest absolute Gasteiger partial charge is 0.440 e. The third-order valence-corrected chi connectivity index (χ3v) is 5.90. The first-order chi connectivity index (χ1) is 15.0. The van der Waals surface area contributed by atoms with E-state index in [1.54, 1.807) is 41.8 Å². The number of nitriles is 1. The van der Waals surface area contributed by atoms with Crippen LogP contribution in [0, 0.1) is 18.3 Å². The van der Waals surface area contributed by atoms with Crippen molar-refractivity contribution in [2.75, 3.05) is 5.32 Å². The van der Waals surface area contributed by atoms with Crippen molar-refractivity contribution < 1.29 is 9.53 Å². The summed E-state index contributed by atoms with van der Waals surface area (Å²) in [5.74, 6) is -0.485. The van der Waals surface area contributed by atoms with Gasteiger partial charge in [-0.3, -0.25) is 9.59 Å². The maximum absolute atomic E-state index is 13.9. The summed E-state index contributed by atoms with van der Waals surface area (Å²) in [4.78, 5) is 27.3. The van der Waals surface area contributed by atoms with Gasteiger partial charge in [0.2, 0.25) is 11.8 Å². The van der Waals surface area contributed by atoms with E-state index in [-0.39, 0.29) is 22.8 Å². The minimum Gasteiger partial charge on any atom is -0.440 e. The highest BCUT2D eigenvalue weighted by Gasteiger charge is 2.58. The number of pyridine rings is 1. The van der Waals surface area contributed by atoms with Gasteiger partial charge in [-0.1, -0.05) is 48.5 Å². The van der Waals surface area contributed by atoms with E-state index < -0.39 is 16.9 Å². The van der Waals surface area contributed by atoms with Gasteiger partial charge in [0.15, 0.2) is 5.41 Å². The molecule has 31 heavy (non-hydrogen) atoms. The standard InChI is InChI=1S/C24H18N4O3/c1-14-11-19-20(22(29)28(14)13-15-7-3-2-4-8-15)24(17(12-25)21(26)31-19)16-9-5-6-10-18(16)27-23(24)30/h2-11H,13,26H2,1H3,(H,27,30)/t24-/m0/s1. The summed E-state index contributed by atoms with van der Waals surface area (Å²) < 4.78 is 7.28. The van der Waals surface area contributed by atoms with Crippen LogP contribution in [0.5, 0.6) is 5.75 Å². The molecule has 3 N–H and O–H groups in total. The number of rotatable bonds is 2. The second kappa shape index (κ2) is 6.61. The number of ether oxygens (including phenoxy) is 1. The lowest BCUT2D eigenvalue weighted by atomic mass is 9.69. The van der Waals surface area contributed by atoms with Gasteiger partial charge in [0.25, 0.3) is 5.56 Å². The predicted octanol–water partition coefficient (Wildman–Crippen LogP) is 2.53. The van der Waals surface area contributed by atoms with Crippen molar-refractivity contribution in [2.24, 2.45) is 5.73 Å². The van der Waals surface area contributed by atoms with Crippen molar-refractivity contribution in [3.05, 3.63) is 105 Å². The fraction of sp³-hybridized carbons (Fsp3) is 0.125. The van der Waals surface area contributed by atoms with Crippen molar-refractivity contribution >= 4 is 11.6 Å². The Kier molecular flexibility index (Phi) is 3.99. The maximum atomic E-state index is 13.9. The molecule has 1 amide bonds. The molecule has 1 spiro atoms. The molecular formula is C24H18N4O3. The topological polar surface area (TPSA) is 110 Å². The van der Waals surface area contributed by atoms with Crippen LogP contribution in [0.25, 0.3) is 0 Å². The van der Waals surface area contributed by atoms with Gasteiger partial charge in [-0.25, -0.2) is 0 Å². The Morgan fingerprint density at radius 2 is 1.84 bits per heavy atom. The van der Waals surface area contributed by atoms with Crippen LogP contribution in [-0.2, 0) is 16.8 Å². The number of carbonyl (C=O) groups excluding carboxylic acids is 1. The number of carbonyl (C=O) groups is 1. The minimum absolute atomic E-state index is 0.0883. The van der Waals surface area contributed by atoms with Gasteiger partial charge in [-0.15, -0.1) is 0 Å². The second-order valence-corrected chi connectivity index (χ2v) is 7.60. The van der Waals surface area contributed by atoms with Gasteiger partial charge in [-0.2, -0.15) is 5.26 Å². The quantitative estimate of drug-likeness (QED) is 0.675. The first kappa shape index (κ1) is 18.7. The number of fused-ring (bicyclic) bond motifs is 4. The summed E-state index contributed by atoms with van der Waals surface area (Å²) in [5.41, 5.74) is 6.68. The SMILES string of the molecule is Cc1cc2c(c(=O)n1Cc1ccccc1)[C@@]1(C(=O)Nc3ccccc31)C(C#N)=C(N)O2. The van der Waals surface area contributed by atoms with E-state index in [0.717, 1.165) is 5.56 Å². The Hall–Kier alpha value is -4.31. The third kappa shape index (κ3) is 2.45. The van der Waals surface area contributed by atoms with E-state index in [2.05, 4.69) is 5.32 Å². The molecule has 0 aliphatic carbocycles. The van der Waals surface area contributed by atoms with Crippen molar-refractivity contribution in [1.29, 1.82) is 5.26 Å². The third-order valence-electron chi connectivity index (χ3n) is 5.90. The normalized spacial score (nSPS) is 18.8. The molecule has 2 aromatic carbocycles. The molecule has 3 heterocycles. The molecular weight excluding hydrogens is 392 g/mol. The molecule has 152 valence electrons. The van der Waals surface area contributed by atoms with Gasteiger partial charge in [0.1, 0.15) is 17.4 Å². The molecule has 0 bridgehead atoms. The van der Waals surface area contributed by atoms with Crippen LogP contribution >= 0.6 is 0 Å². The van der Waals surface area contributed by atoms with Gasteiger partial charge in [0.05, 0.1) is 12.1 Å². The van der Waals surface area contributed by atoms with E-state index in [1.807, 2.05) is 36.4 Å². The number of amides is 1. The van der Waals surface area contributed by atoms with Crippen molar-refractivity contribution in [3.63, 3.8) is 0 Å². The molecule has 3 aromatic rings. The highest BCUT2D eigenvalue weighted by Crippen LogP contribution is 2.51. The molecule has 0 saturated heterocycles. The highest BCUT2D eigenvalue weighted by molar-refractivity contribution is 6.12. The Labute approximate surface area is 178 Å². The summed E-state index contributed by atoms with van der Waals surface area (Å²) in [5, 5.41) is 12.8. The lowest BCUT2D eigenvalue weighted by Gasteiger charge is -2.33. The number of aryl methyl sites for hydroxylation is 1. The first-order valence-electron chi connectivity index (χ1n) is 9.76. The fourth-order valence-corrected chi connectivity index (χ4v) is 4.50. The number of nitrogens with two attached hydrogens (primary N) is 1. The van der Waals surface area contributed by atoms with Crippen LogP contribution in [0.4, 0.5) is 5.69 Å². The molecule has 0 unspecified atom stereocenters. The number of aromatic nitrogens is 1. The number of benzene rings is 2.